The Morgan fingerprint density at radius 1 is 1.42 bits per heavy atom. The molecule has 0 atom stereocenters. The second kappa shape index (κ2) is 4.71. The van der Waals surface area contributed by atoms with Crippen molar-refractivity contribution in [3.8, 4) is 0 Å². The Kier molecular flexibility index (Phi) is 4.62. The van der Waals surface area contributed by atoms with Crippen molar-refractivity contribution in [2.24, 2.45) is 0 Å². The summed E-state index contributed by atoms with van der Waals surface area (Å²) in [6.07, 6.45) is -2.17. The van der Waals surface area contributed by atoms with Crippen LogP contribution in [0.1, 0.15) is 13.3 Å². The van der Waals surface area contributed by atoms with Gasteiger partial charge in [-0.05, 0) is 6.42 Å². The number of halogens is 2. The molecule has 74 valence electrons. The van der Waals surface area contributed by atoms with Crippen molar-refractivity contribution in [1.29, 1.82) is 0 Å². The van der Waals surface area contributed by atoms with Gasteiger partial charge in [0, 0.05) is 7.05 Å². The van der Waals surface area contributed by atoms with Crippen molar-refractivity contribution >= 4 is 10.0 Å². The maximum absolute atomic E-state index is 11.7. The average molecular weight is 201 g/mol. The lowest BCUT2D eigenvalue weighted by Gasteiger charge is -2.15. The molecular formula is C6H13F2NO2S. The standard InChI is InChI=1S/C6H13F2NO2S/c1-3-4-12(10,11)9(2)5-6(7)8/h6H,3-5H2,1-2H3. The van der Waals surface area contributed by atoms with Gasteiger partial charge in [-0.25, -0.2) is 17.2 Å². The van der Waals surface area contributed by atoms with Crippen molar-refractivity contribution in [2.45, 2.75) is 19.8 Å². The fourth-order valence-electron chi connectivity index (χ4n) is 0.722. The van der Waals surface area contributed by atoms with E-state index in [1.165, 1.54) is 0 Å². The molecule has 0 unspecified atom stereocenters. The molecule has 0 spiro atoms. The largest absolute Gasteiger partial charge is 0.252 e. The molecule has 0 radical (unpaired) electrons. The Bertz CT molecular complexity index is 216. The summed E-state index contributed by atoms with van der Waals surface area (Å²) in [5.41, 5.74) is 0. The van der Waals surface area contributed by atoms with E-state index < -0.39 is 23.0 Å². The summed E-state index contributed by atoms with van der Waals surface area (Å²) in [6, 6.07) is 0. The number of nitrogens with zero attached hydrogens (tertiary/aromatic N) is 1. The van der Waals surface area contributed by atoms with E-state index in [0.29, 0.717) is 10.7 Å². The molecule has 0 aromatic rings. The maximum Gasteiger partial charge on any atom is 0.252 e. The van der Waals surface area contributed by atoms with Crippen LogP contribution in [0.2, 0.25) is 0 Å². The summed E-state index contributed by atoms with van der Waals surface area (Å²) in [7, 11) is -2.29. The molecule has 0 aliphatic rings. The van der Waals surface area contributed by atoms with Gasteiger partial charge in [-0.15, -0.1) is 0 Å². The number of hydrogen-bond donors (Lipinski definition) is 0. The average Bonchev–Trinajstić information content (AvgIpc) is 1.85. The fourth-order valence-corrected chi connectivity index (χ4v) is 1.89. The topological polar surface area (TPSA) is 37.4 Å². The van der Waals surface area contributed by atoms with Crippen LogP contribution >= 0.6 is 0 Å². The monoisotopic (exact) mass is 201 g/mol. The quantitative estimate of drug-likeness (QED) is 0.663. The number of rotatable bonds is 5. The van der Waals surface area contributed by atoms with E-state index in [9.17, 15) is 17.2 Å². The highest BCUT2D eigenvalue weighted by molar-refractivity contribution is 7.89. The second-order valence-corrected chi connectivity index (χ2v) is 4.68. The molecule has 0 saturated carbocycles. The van der Waals surface area contributed by atoms with Crippen LogP contribution in [0.25, 0.3) is 0 Å². The fraction of sp³-hybridized carbons (Fsp3) is 1.00. The highest BCUT2D eigenvalue weighted by Gasteiger charge is 2.19. The van der Waals surface area contributed by atoms with Gasteiger partial charge in [0.1, 0.15) is 0 Å². The molecule has 0 aromatic heterocycles. The second-order valence-electron chi connectivity index (χ2n) is 2.49. The summed E-state index contributed by atoms with van der Waals surface area (Å²) in [6.45, 7) is 0.968. The zero-order valence-electron chi connectivity index (χ0n) is 7.13. The molecule has 0 rings (SSSR count). The van der Waals surface area contributed by atoms with Gasteiger partial charge in [0.15, 0.2) is 0 Å². The van der Waals surface area contributed by atoms with Gasteiger partial charge >= 0.3 is 0 Å². The highest BCUT2D eigenvalue weighted by atomic mass is 32.2. The maximum atomic E-state index is 11.7. The van der Waals surface area contributed by atoms with Gasteiger partial charge in [-0.3, -0.25) is 0 Å². The van der Waals surface area contributed by atoms with E-state index in [1.807, 2.05) is 0 Å². The smallest absolute Gasteiger partial charge is 0.212 e. The lowest BCUT2D eigenvalue weighted by Crippen LogP contribution is -2.33. The molecule has 0 N–H and O–H groups in total. The molecule has 12 heavy (non-hydrogen) atoms. The third kappa shape index (κ3) is 3.96. The first kappa shape index (κ1) is 11.8. The van der Waals surface area contributed by atoms with Crippen LogP contribution in [-0.2, 0) is 10.0 Å². The Hall–Kier alpha value is -0.230. The molecule has 0 aliphatic carbocycles. The van der Waals surface area contributed by atoms with Crippen LogP contribution in [0.5, 0.6) is 0 Å². The Balaban J connectivity index is 4.16. The third-order valence-corrected chi connectivity index (χ3v) is 3.36. The van der Waals surface area contributed by atoms with Crippen LogP contribution < -0.4 is 0 Å². The summed E-state index contributed by atoms with van der Waals surface area (Å²) in [4.78, 5) is 0. The Labute approximate surface area is 71.4 Å². The SMILES string of the molecule is CCCS(=O)(=O)N(C)CC(F)F. The van der Waals surface area contributed by atoms with E-state index in [1.54, 1.807) is 6.92 Å². The van der Waals surface area contributed by atoms with Crippen LogP contribution in [0.4, 0.5) is 8.78 Å². The molecule has 0 heterocycles. The first-order chi connectivity index (χ1) is 5.40. The van der Waals surface area contributed by atoms with E-state index in [4.69, 9.17) is 0 Å². The minimum atomic E-state index is -3.45. The Morgan fingerprint density at radius 3 is 2.25 bits per heavy atom. The van der Waals surface area contributed by atoms with Crippen molar-refractivity contribution in [3.63, 3.8) is 0 Å². The molecule has 6 heteroatoms. The summed E-state index contributed by atoms with van der Waals surface area (Å²) in [5, 5.41) is 0. The first-order valence-electron chi connectivity index (χ1n) is 3.62. The van der Waals surface area contributed by atoms with Gasteiger partial charge < -0.3 is 0 Å². The molecule has 0 amide bonds. The van der Waals surface area contributed by atoms with Gasteiger partial charge in [0.05, 0.1) is 12.3 Å². The van der Waals surface area contributed by atoms with Gasteiger partial charge in [0.25, 0.3) is 6.43 Å². The summed E-state index contributed by atoms with van der Waals surface area (Å²) in [5.74, 6) is -0.0732. The van der Waals surface area contributed by atoms with Crippen LogP contribution in [0.15, 0.2) is 0 Å². The molecule has 3 nitrogen and oxygen atoms in total. The Morgan fingerprint density at radius 2 is 1.92 bits per heavy atom. The lowest BCUT2D eigenvalue weighted by atomic mass is 10.6. The van der Waals surface area contributed by atoms with Crippen molar-refractivity contribution in [1.82, 2.24) is 4.31 Å². The van der Waals surface area contributed by atoms with Gasteiger partial charge in [-0.1, -0.05) is 6.92 Å². The van der Waals surface area contributed by atoms with E-state index in [0.717, 1.165) is 7.05 Å². The summed E-state index contributed by atoms with van der Waals surface area (Å²) < 4.78 is 46.3. The third-order valence-electron chi connectivity index (χ3n) is 1.33. The highest BCUT2D eigenvalue weighted by Crippen LogP contribution is 2.03. The summed E-state index contributed by atoms with van der Waals surface area (Å²) >= 11 is 0. The first-order valence-corrected chi connectivity index (χ1v) is 5.23. The number of hydrogen-bond acceptors (Lipinski definition) is 2. The molecule has 0 saturated heterocycles. The van der Waals surface area contributed by atoms with E-state index in [2.05, 4.69) is 0 Å². The van der Waals surface area contributed by atoms with Gasteiger partial charge in [-0.2, -0.15) is 4.31 Å². The minimum Gasteiger partial charge on any atom is -0.212 e. The van der Waals surface area contributed by atoms with Gasteiger partial charge in [0.2, 0.25) is 10.0 Å². The number of sulfonamides is 1. The van der Waals surface area contributed by atoms with Crippen molar-refractivity contribution in [2.75, 3.05) is 19.3 Å². The molecule has 0 fully saturated rings. The normalized spacial score (nSPS) is 12.8. The molecule has 0 aromatic carbocycles. The zero-order chi connectivity index (χ0) is 9.78. The van der Waals surface area contributed by atoms with Crippen LogP contribution in [-0.4, -0.2) is 38.5 Å². The molecule has 0 bridgehead atoms. The predicted molar refractivity (Wildman–Crippen MR) is 42.7 cm³/mol. The van der Waals surface area contributed by atoms with E-state index in [-0.39, 0.29) is 5.75 Å². The number of alkyl halides is 2. The van der Waals surface area contributed by atoms with Crippen LogP contribution in [0.3, 0.4) is 0 Å². The van der Waals surface area contributed by atoms with Crippen LogP contribution in [0, 0.1) is 0 Å². The van der Waals surface area contributed by atoms with Crippen molar-refractivity contribution < 1.29 is 17.2 Å². The molecular weight excluding hydrogens is 188 g/mol. The molecule has 0 aliphatic heterocycles. The minimum absolute atomic E-state index is 0.0732. The van der Waals surface area contributed by atoms with Crippen molar-refractivity contribution in [3.05, 3.63) is 0 Å². The zero-order valence-corrected chi connectivity index (χ0v) is 7.94. The van der Waals surface area contributed by atoms with E-state index >= 15 is 0 Å². The predicted octanol–water partition coefficient (Wildman–Crippen LogP) is 0.923. The lowest BCUT2D eigenvalue weighted by molar-refractivity contribution is 0.126.